The lowest BCUT2D eigenvalue weighted by molar-refractivity contribution is -0.646. The van der Waals surface area contributed by atoms with Crippen LogP contribution in [0.1, 0.15) is 0 Å². The van der Waals surface area contributed by atoms with Crippen LogP contribution >= 0.6 is 22.7 Å². The van der Waals surface area contributed by atoms with Crippen molar-refractivity contribution >= 4 is 59.3 Å². The topological polar surface area (TPSA) is 112 Å². The van der Waals surface area contributed by atoms with Crippen LogP contribution in [0, 0.1) is 20.2 Å². The summed E-state index contributed by atoms with van der Waals surface area (Å²) in [6.45, 7) is 0. The molecule has 0 radical (unpaired) electrons. The Bertz CT molecular complexity index is 1960. The molecule has 6 aromatic rings. The highest BCUT2D eigenvalue weighted by atomic mass is 32.2. The molecule has 2 aromatic heterocycles. The second kappa shape index (κ2) is 14.8. The molecule has 244 valence electrons. The summed E-state index contributed by atoms with van der Waals surface area (Å²) in [6, 6.07) is 28.5. The molecule has 0 spiro atoms. The summed E-state index contributed by atoms with van der Waals surface area (Å²) in [5.74, 6) is 1.57. The number of non-ortho nitro benzene ring substituents is 2. The molecule has 0 bridgehead atoms. The predicted molar refractivity (Wildman–Crippen MR) is 190 cm³/mol. The number of hydrogen-bond donors (Lipinski definition) is 0. The minimum atomic E-state index is -0.400. The molecule has 14 heteroatoms. The van der Waals surface area contributed by atoms with Crippen molar-refractivity contribution in [2.24, 2.45) is 14.1 Å². The van der Waals surface area contributed by atoms with Gasteiger partial charge in [0, 0.05) is 35.4 Å². The first kappa shape index (κ1) is 34.3. The van der Waals surface area contributed by atoms with Crippen molar-refractivity contribution in [3.63, 3.8) is 0 Å². The maximum atomic E-state index is 11.0. The average Bonchev–Trinajstić information content (AvgIpc) is 3.57. The molecule has 0 N–H and O–H groups in total. The van der Waals surface area contributed by atoms with Crippen LogP contribution < -0.4 is 18.6 Å². The number of thiazole rings is 2. The van der Waals surface area contributed by atoms with Crippen molar-refractivity contribution < 1.29 is 28.5 Å². The zero-order valence-electron chi connectivity index (χ0n) is 26.1. The van der Waals surface area contributed by atoms with E-state index in [0.29, 0.717) is 8.42 Å². The van der Waals surface area contributed by atoms with Crippen molar-refractivity contribution in [3.05, 3.63) is 117 Å². The van der Waals surface area contributed by atoms with Gasteiger partial charge in [-0.15, -0.1) is 0 Å². The first-order chi connectivity index (χ1) is 23.0. The quantitative estimate of drug-likeness (QED) is 0.0691. The highest BCUT2D eigenvalue weighted by Crippen LogP contribution is 2.35. The number of aromatic nitrogens is 2. The Morgan fingerprint density at radius 2 is 0.938 bits per heavy atom. The van der Waals surface area contributed by atoms with Crippen LogP contribution in [0.4, 0.5) is 11.4 Å². The standard InChI is InChI=1S/2C17H14N2O3S2/c2*1-18-15(12-4-3-5-13(10-12)19(20)21)17(23)24-16(18)11-6-8-14(22-2)9-7-11/h2*3-10H,1-2H3. The van der Waals surface area contributed by atoms with Crippen molar-refractivity contribution in [3.8, 4) is 55.2 Å². The third-order valence-corrected chi connectivity index (χ3v) is 10.4. The second-order valence-corrected chi connectivity index (χ2v) is 13.6. The molecule has 0 aliphatic carbocycles. The minimum absolute atomic E-state index is 0.0547. The molecule has 2 heterocycles. The molecular formula is C34H28N4O6S4. The Morgan fingerprint density at radius 1 is 0.583 bits per heavy atom. The van der Waals surface area contributed by atoms with Crippen LogP contribution in [-0.2, 0) is 39.4 Å². The summed E-state index contributed by atoms with van der Waals surface area (Å²) in [5, 5.41) is 24.0. The third kappa shape index (κ3) is 7.26. The van der Waals surface area contributed by atoms with Gasteiger partial charge >= 0.3 is 0 Å². The average molecular weight is 717 g/mol. The van der Waals surface area contributed by atoms with Gasteiger partial charge in [0.05, 0.1) is 35.2 Å². The van der Waals surface area contributed by atoms with Gasteiger partial charge in [0.2, 0.25) is 11.4 Å². The largest absolute Gasteiger partial charge is 0.497 e. The maximum absolute atomic E-state index is 11.0. The van der Waals surface area contributed by atoms with Crippen LogP contribution in [0.15, 0.2) is 105 Å². The van der Waals surface area contributed by atoms with Gasteiger partial charge in [-0.2, -0.15) is 0 Å². The van der Waals surface area contributed by atoms with E-state index in [0.717, 1.165) is 55.2 Å². The molecule has 0 unspecified atom stereocenters. The zero-order chi connectivity index (χ0) is 34.5. The number of methoxy groups -OCH3 is 2. The SMILES string of the molecule is COc1ccc(-c2sc([S-])c(-c3cccc([N+](=O)[O-])c3)[n+]2C)cc1.COc1ccc(-c2sc([S-])c(-c3cccc([N+](=O)[O-])c3)[n+]2C)cc1. The molecule has 0 saturated carbocycles. The molecule has 48 heavy (non-hydrogen) atoms. The van der Waals surface area contributed by atoms with Crippen LogP contribution in [0.2, 0.25) is 0 Å². The van der Waals surface area contributed by atoms with Crippen molar-refractivity contribution in [1.29, 1.82) is 0 Å². The van der Waals surface area contributed by atoms with Gasteiger partial charge in [-0.1, -0.05) is 12.1 Å². The molecule has 4 aromatic carbocycles. The number of rotatable bonds is 8. The molecule has 0 aliphatic rings. The summed E-state index contributed by atoms with van der Waals surface area (Å²) in [7, 11) is 7.09. The van der Waals surface area contributed by atoms with E-state index >= 15 is 0 Å². The van der Waals surface area contributed by atoms with E-state index in [9.17, 15) is 20.2 Å². The number of ether oxygens (including phenoxy) is 2. The molecule has 0 atom stereocenters. The first-order valence-electron chi connectivity index (χ1n) is 14.2. The molecule has 0 aliphatic heterocycles. The lowest BCUT2D eigenvalue weighted by atomic mass is 10.1. The van der Waals surface area contributed by atoms with E-state index < -0.39 is 9.85 Å². The summed E-state index contributed by atoms with van der Waals surface area (Å²) < 4.78 is 15.7. The predicted octanol–water partition coefficient (Wildman–Crippen LogP) is 7.46. The fourth-order valence-electron chi connectivity index (χ4n) is 5.02. The van der Waals surface area contributed by atoms with Gasteiger partial charge in [0.15, 0.2) is 10.0 Å². The number of benzene rings is 4. The van der Waals surface area contributed by atoms with Gasteiger partial charge in [-0.3, -0.25) is 42.9 Å². The van der Waals surface area contributed by atoms with Crippen molar-refractivity contribution in [1.82, 2.24) is 0 Å². The van der Waals surface area contributed by atoms with E-state index in [1.54, 1.807) is 38.5 Å². The zero-order valence-corrected chi connectivity index (χ0v) is 29.4. The molecular weight excluding hydrogens is 689 g/mol. The van der Waals surface area contributed by atoms with Crippen LogP contribution in [-0.4, -0.2) is 24.1 Å². The van der Waals surface area contributed by atoms with Crippen LogP contribution in [0.5, 0.6) is 11.5 Å². The molecule has 0 amide bonds. The lowest BCUT2D eigenvalue weighted by Crippen LogP contribution is -2.30. The van der Waals surface area contributed by atoms with Gasteiger partial charge in [0.25, 0.3) is 11.4 Å². The van der Waals surface area contributed by atoms with Crippen molar-refractivity contribution in [2.45, 2.75) is 8.42 Å². The van der Waals surface area contributed by atoms with Gasteiger partial charge in [0.1, 0.15) is 25.6 Å². The van der Waals surface area contributed by atoms with E-state index in [2.05, 4.69) is 0 Å². The van der Waals surface area contributed by atoms with Gasteiger partial charge < -0.3 is 34.7 Å². The molecule has 0 saturated heterocycles. The Kier molecular flexibility index (Phi) is 10.6. The van der Waals surface area contributed by atoms with Gasteiger partial charge in [-0.25, -0.2) is 9.13 Å². The smallest absolute Gasteiger partial charge is 0.270 e. The van der Waals surface area contributed by atoms with E-state index in [4.69, 9.17) is 34.7 Å². The Morgan fingerprint density at radius 3 is 1.25 bits per heavy atom. The third-order valence-electron chi connectivity index (χ3n) is 7.38. The normalized spacial score (nSPS) is 10.6. The number of nitrogens with zero attached hydrogens (tertiary/aromatic N) is 4. The highest BCUT2D eigenvalue weighted by Gasteiger charge is 2.21. The van der Waals surface area contributed by atoms with E-state index in [1.165, 1.54) is 34.8 Å². The second-order valence-electron chi connectivity index (χ2n) is 10.3. The Labute approximate surface area is 295 Å². The Balaban J connectivity index is 0.000000188. The molecule has 10 nitrogen and oxygen atoms in total. The summed E-state index contributed by atoms with van der Waals surface area (Å²) in [6.07, 6.45) is 0. The van der Waals surface area contributed by atoms with Gasteiger partial charge in [-0.05, 0) is 69.1 Å². The molecule has 6 rings (SSSR count). The van der Waals surface area contributed by atoms with Crippen molar-refractivity contribution in [2.75, 3.05) is 14.2 Å². The molecule has 0 fully saturated rings. The number of nitro groups is 2. The Hall–Kier alpha value is -5.02. The first-order valence-corrected chi connectivity index (χ1v) is 16.7. The summed E-state index contributed by atoms with van der Waals surface area (Å²) in [4.78, 5) is 21.2. The number of nitro benzene ring substituents is 2. The van der Waals surface area contributed by atoms with E-state index in [-0.39, 0.29) is 11.4 Å². The minimum Gasteiger partial charge on any atom is -0.497 e. The monoisotopic (exact) mass is 716 g/mol. The number of hydrogen-bond acceptors (Lipinski definition) is 10. The fraction of sp³-hybridized carbons (Fsp3) is 0.118. The van der Waals surface area contributed by atoms with Crippen LogP contribution in [0.25, 0.3) is 43.7 Å². The summed E-state index contributed by atoms with van der Waals surface area (Å²) >= 11 is 14.0. The highest BCUT2D eigenvalue weighted by molar-refractivity contribution is 7.63. The van der Waals surface area contributed by atoms with E-state index in [1.807, 2.05) is 83.9 Å². The van der Waals surface area contributed by atoms with Crippen LogP contribution in [0.3, 0.4) is 0 Å². The summed E-state index contributed by atoms with van der Waals surface area (Å²) in [5.41, 5.74) is 5.25. The fourth-order valence-corrected chi connectivity index (χ4v) is 8.02. The maximum Gasteiger partial charge on any atom is 0.270 e. The lowest BCUT2D eigenvalue weighted by Gasteiger charge is -2.03.